The summed E-state index contributed by atoms with van der Waals surface area (Å²) in [4.78, 5) is 2.08. The summed E-state index contributed by atoms with van der Waals surface area (Å²) in [6.07, 6.45) is 2.55. The second-order valence-electron chi connectivity index (χ2n) is 6.10. The summed E-state index contributed by atoms with van der Waals surface area (Å²) >= 11 is 6.09. The number of nitrogens with zero attached hydrogens (tertiary/aromatic N) is 1. The lowest BCUT2D eigenvalue weighted by Crippen LogP contribution is -2.36. The minimum Gasteiger partial charge on any atom is -0.389 e. The summed E-state index contributed by atoms with van der Waals surface area (Å²) in [5, 5.41) is 14.2. The average Bonchev–Trinajstić information content (AvgIpc) is 3.07. The molecule has 2 N–H and O–H groups in total. The number of nitrogens with one attached hydrogen (secondary N) is 1. The molecule has 1 aliphatic carbocycles. The van der Waals surface area contributed by atoms with Crippen LogP contribution in [0.3, 0.4) is 0 Å². The van der Waals surface area contributed by atoms with Crippen molar-refractivity contribution in [1.82, 2.24) is 5.32 Å². The maximum atomic E-state index is 9.94. The minimum absolute atomic E-state index is 0.588. The highest BCUT2D eigenvalue weighted by molar-refractivity contribution is 6.30. The molecule has 1 aromatic rings. The van der Waals surface area contributed by atoms with Crippen molar-refractivity contribution in [3.63, 3.8) is 0 Å². The first-order chi connectivity index (χ1) is 8.85. The van der Waals surface area contributed by atoms with Crippen molar-refractivity contribution in [2.45, 2.75) is 44.9 Å². The standard InChI is InChI=1S/C15H23ClN2O/c1-15(2,19)10-18(3)14-7-4-12(16)8-11(14)9-17-13-5-6-13/h4,7-8,13,17,19H,5-6,9-10H2,1-3H3. The summed E-state index contributed by atoms with van der Waals surface area (Å²) in [6.45, 7) is 5.06. The van der Waals surface area contributed by atoms with E-state index in [1.165, 1.54) is 18.4 Å². The molecule has 0 unspecified atom stereocenters. The van der Waals surface area contributed by atoms with E-state index in [1.807, 2.05) is 39.1 Å². The molecule has 0 aliphatic heterocycles. The van der Waals surface area contributed by atoms with E-state index in [2.05, 4.69) is 10.2 Å². The van der Waals surface area contributed by atoms with Crippen molar-refractivity contribution < 1.29 is 5.11 Å². The van der Waals surface area contributed by atoms with Gasteiger partial charge in [0.25, 0.3) is 0 Å². The van der Waals surface area contributed by atoms with Gasteiger partial charge in [-0.3, -0.25) is 0 Å². The Morgan fingerprint density at radius 3 is 2.68 bits per heavy atom. The van der Waals surface area contributed by atoms with Gasteiger partial charge in [-0.25, -0.2) is 0 Å². The van der Waals surface area contributed by atoms with Crippen molar-refractivity contribution in [3.8, 4) is 0 Å². The molecule has 0 bridgehead atoms. The van der Waals surface area contributed by atoms with E-state index in [9.17, 15) is 5.11 Å². The Labute approximate surface area is 120 Å². The van der Waals surface area contributed by atoms with Gasteiger partial charge in [-0.1, -0.05) is 11.6 Å². The molecule has 0 radical (unpaired) electrons. The number of likely N-dealkylation sites (N-methyl/N-ethyl adjacent to an activating group) is 1. The normalized spacial score (nSPS) is 15.6. The summed E-state index contributed by atoms with van der Waals surface area (Å²) in [6, 6.07) is 6.61. The van der Waals surface area contributed by atoms with Crippen molar-refractivity contribution in [2.75, 3.05) is 18.5 Å². The second-order valence-corrected chi connectivity index (χ2v) is 6.53. The molecule has 0 atom stereocenters. The third kappa shape index (κ3) is 4.68. The van der Waals surface area contributed by atoms with Crippen LogP contribution in [0.5, 0.6) is 0 Å². The molecule has 19 heavy (non-hydrogen) atoms. The molecule has 1 aliphatic rings. The molecule has 0 amide bonds. The zero-order chi connectivity index (χ0) is 14.0. The topological polar surface area (TPSA) is 35.5 Å². The first-order valence-corrected chi connectivity index (χ1v) is 7.18. The zero-order valence-electron chi connectivity index (χ0n) is 11.9. The van der Waals surface area contributed by atoms with E-state index in [0.29, 0.717) is 12.6 Å². The van der Waals surface area contributed by atoms with Crippen LogP contribution in [-0.4, -0.2) is 30.3 Å². The van der Waals surface area contributed by atoms with Crippen molar-refractivity contribution in [1.29, 1.82) is 0 Å². The van der Waals surface area contributed by atoms with E-state index < -0.39 is 5.60 Å². The third-order valence-electron chi connectivity index (χ3n) is 3.24. The summed E-state index contributed by atoms with van der Waals surface area (Å²) in [5.41, 5.74) is 1.60. The molecule has 0 saturated heterocycles. The maximum Gasteiger partial charge on any atom is 0.0765 e. The Bertz CT molecular complexity index is 438. The first-order valence-electron chi connectivity index (χ1n) is 6.80. The Hall–Kier alpha value is -0.770. The highest BCUT2D eigenvalue weighted by Crippen LogP contribution is 2.26. The van der Waals surface area contributed by atoms with Gasteiger partial charge in [-0.2, -0.15) is 0 Å². The first kappa shape index (κ1) is 14.6. The monoisotopic (exact) mass is 282 g/mol. The minimum atomic E-state index is -0.713. The van der Waals surface area contributed by atoms with Gasteiger partial charge in [0.15, 0.2) is 0 Å². The number of hydrogen-bond donors (Lipinski definition) is 2. The van der Waals surface area contributed by atoms with Crippen molar-refractivity contribution in [2.24, 2.45) is 0 Å². The van der Waals surface area contributed by atoms with Crippen LogP contribution in [0.1, 0.15) is 32.3 Å². The highest BCUT2D eigenvalue weighted by atomic mass is 35.5. The fraction of sp³-hybridized carbons (Fsp3) is 0.600. The maximum absolute atomic E-state index is 9.94. The van der Waals surface area contributed by atoms with Gasteiger partial charge in [0.1, 0.15) is 0 Å². The molecule has 1 fully saturated rings. The van der Waals surface area contributed by atoms with Crippen LogP contribution in [0, 0.1) is 0 Å². The van der Waals surface area contributed by atoms with Gasteiger partial charge in [0.05, 0.1) is 5.60 Å². The SMILES string of the molecule is CN(CC(C)(C)O)c1ccc(Cl)cc1CNC1CC1. The van der Waals surface area contributed by atoms with Crippen LogP contribution in [0.2, 0.25) is 5.02 Å². The Morgan fingerprint density at radius 1 is 1.42 bits per heavy atom. The lowest BCUT2D eigenvalue weighted by atomic mass is 10.1. The molecule has 4 heteroatoms. The molecular weight excluding hydrogens is 260 g/mol. The Morgan fingerprint density at radius 2 is 2.11 bits per heavy atom. The van der Waals surface area contributed by atoms with Crippen molar-refractivity contribution >= 4 is 17.3 Å². The lowest BCUT2D eigenvalue weighted by molar-refractivity contribution is 0.0886. The fourth-order valence-corrected chi connectivity index (χ4v) is 2.47. The molecule has 1 aromatic carbocycles. The summed E-state index contributed by atoms with van der Waals surface area (Å²) in [5.74, 6) is 0. The van der Waals surface area contributed by atoms with Crippen LogP contribution in [-0.2, 0) is 6.54 Å². The van der Waals surface area contributed by atoms with Gasteiger partial charge in [-0.05, 0) is 50.5 Å². The molecular formula is C15H23ClN2O. The Kier molecular flexibility index (Phi) is 4.39. The molecule has 0 aromatic heterocycles. The molecule has 1 saturated carbocycles. The average molecular weight is 283 g/mol. The van der Waals surface area contributed by atoms with Crippen LogP contribution < -0.4 is 10.2 Å². The lowest BCUT2D eigenvalue weighted by Gasteiger charge is -2.29. The largest absolute Gasteiger partial charge is 0.389 e. The quantitative estimate of drug-likeness (QED) is 0.842. The number of anilines is 1. The Balaban J connectivity index is 2.12. The molecule has 0 heterocycles. The number of benzene rings is 1. The van der Waals surface area contributed by atoms with Crippen LogP contribution in [0.25, 0.3) is 0 Å². The van der Waals surface area contributed by atoms with Crippen LogP contribution >= 0.6 is 11.6 Å². The van der Waals surface area contributed by atoms with Crippen LogP contribution in [0.4, 0.5) is 5.69 Å². The summed E-state index contributed by atoms with van der Waals surface area (Å²) in [7, 11) is 2.00. The summed E-state index contributed by atoms with van der Waals surface area (Å²) < 4.78 is 0. The van der Waals surface area contributed by atoms with Gasteiger partial charge in [0.2, 0.25) is 0 Å². The molecule has 2 rings (SSSR count). The molecule has 3 nitrogen and oxygen atoms in total. The number of rotatable bonds is 6. The molecule has 0 spiro atoms. The fourth-order valence-electron chi connectivity index (χ4n) is 2.28. The van der Waals surface area contributed by atoms with Crippen molar-refractivity contribution in [3.05, 3.63) is 28.8 Å². The van der Waals surface area contributed by atoms with E-state index in [0.717, 1.165) is 17.3 Å². The predicted molar refractivity (Wildman–Crippen MR) is 80.9 cm³/mol. The van der Waals surface area contributed by atoms with Crippen LogP contribution in [0.15, 0.2) is 18.2 Å². The van der Waals surface area contributed by atoms with Gasteiger partial charge in [0, 0.05) is 36.9 Å². The number of hydrogen-bond acceptors (Lipinski definition) is 3. The highest BCUT2D eigenvalue weighted by Gasteiger charge is 2.22. The zero-order valence-corrected chi connectivity index (χ0v) is 12.7. The van der Waals surface area contributed by atoms with Gasteiger partial charge >= 0.3 is 0 Å². The number of aliphatic hydroxyl groups is 1. The van der Waals surface area contributed by atoms with E-state index in [1.54, 1.807) is 0 Å². The molecule has 106 valence electrons. The van der Waals surface area contributed by atoms with Gasteiger partial charge in [-0.15, -0.1) is 0 Å². The van der Waals surface area contributed by atoms with Gasteiger partial charge < -0.3 is 15.3 Å². The second kappa shape index (κ2) is 5.70. The van der Waals surface area contributed by atoms with E-state index in [4.69, 9.17) is 11.6 Å². The van der Waals surface area contributed by atoms with E-state index in [-0.39, 0.29) is 0 Å². The van der Waals surface area contributed by atoms with E-state index >= 15 is 0 Å². The smallest absolute Gasteiger partial charge is 0.0765 e. The third-order valence-corrected chi connectivity index (χ3v) is 3.47. The number of halogens is 1. The predicted octanol–water partition coefficient (Wildman–Crippen LogP) is 2.80.